The quantitative estimate of drug-likeness (QED) is 0.318. The summed E-state index contributed by atoms with van der Waals surface area (Å²) in [6.07, 6.45) is 1.02. The lowest BCUT2D eigenvalue weighted by molar-refractivity contribution is -0.384. The van der Waals surface area contributed by atoms with Gasteiger partial charge in [0.25, 0.3) is 5.69 Å². The Kier molecular flexibility index (Phi) is 8.03. The Balaban J connectivity index is 1.37. The van der Waals surface area contributed by atoms with Crippen LogP contribution in [-0.4, -0.2) is 81.0 Å². The van der Waals surface area contributed by atoms with Crippen molar-refractivity contribution in [1.29, 1.82) is 0 Å². The van der Waals surface area contributed by atoms with Crippen molar-refractivity contribution >= 4 is 17.4 Å². The Bertz CT molecular complexity index is 659. The number of nitrogens with zero attached hydrogens (tertiary/aromatic N) is 2. The Morgan fingerprint density at radius 1 is 1.14 bits per heavy atom. The van der Waals surface area contributed by atoms with Gasteiger partial charge in [0.15, 0.2) is 0 Å². The first-order chi connectivity index (χ1) is 14.1. The first kappa shape index (κ1) is 21.3. The summed E-state index contributed by atoms with van der Waals surface area (Å²) in [5.74, 6) is 0.428. The van der Waals surface area contributed by atoms with E-state index >= 15 is 0 Å². The summed E-state index contributed by atoms with van der Waals surface area (Å²) >= 11 is 0. The number of benzene rings is 1. The molecule has 2 fully saturated rings. The molecule has 0 radical (unpaired) electrons. The number of anilines is 1. The minimum Gasteiger partial charge on any atom is -0.383 e. The smallest absolute Gasteiger partial charge is 0.314 e. The van der Waals surface area contributed by atoms with Crippen LogP contribution in [0.2, 0.25) is 0 Å². The van der Waals surface area contributed by atoms with Gasteiger partial charge in [-0.3, -0.25) is 15.0 Å². The number of hydrogen-bond acceptors (Lipinski definition) is 7. The standard InChI is InChI=1S/C19H29N5O5/c25-19(21-7-6-20-16-1-3-17(4-2-16)24(26)27)22-13-18(15-5-10-29-14-15)23-8-11-28-12-9-23/h1-4,15,18,20H,5-14H2,(H2,21,22,25)/t15-,18+/m1/s1. The Morgan fingerprint density at radius 3 is 2.55 bits per heavy atom. The van der Waals surface area contributed by atoms with Crippen molar-refractivity contribution in [3.8, 4) is 0 Å². The second-order valence-corrected chi connectivity index (χ2v) is 7.21. The minimum absolute atomic E-state index is 0.0514. The highest BCUT2D eigenvalue weighted by Gasteiger charge is 2.31. The zero-order chi connectivity index (χ0) is 20.5. The molecule has 2 atom stereocenters. The van der Waals surface area contributed by atoms with Gasteiger partial charge in [-0.05, 0) is 18.6 Å². The van der Waals surface area contributed by atoms with Crippen LogP contribution in [0.1, 0.15) is 6.42 Å². The number of nitrogens with one attached hydrogen (secondary N) is 3. The van der Waals surface area contributed by atoms with Crippen LogP contribution in [0.3, 0.4) is 0 Å². The molecule has 2 amide bonds. The van der Waals surface area contributed by atoms with Crippen molar-refractivity contribution in [2.75, 3.05) is 64.5 Å². The Morgan fingerprint density at radius 2 is 1.90 bits per heavy atom. The Hall–Kier alpha value is -2.43. The normalized spacial score (nSPS) is 20.8. The maximum Gasteiger partial charge on any atom is 0.314 e. The average Bonchev–Trinajstić information content (AvgIpc) is 3.27. The molecule has 0 aromatic heterocycles. The van der Waals surface area contributed by atoms with Crippen LogP contribution in [0.25, 0.3) is 0 Å². The van der Waals surface area contributed by atoms with Crippen LogP contribution in [0, 0.1) is 16.0 Å². The second-order valence-electron chi connectivity index (χ2n) is 7.21. The molecule has 0 spiro atoms. The average molecular weight is 407 g/mol. The number of hydrogen-bond donors (Lipinski definition) is 3. The molecule has 2 heterocycles. The molecule has 2 aliphatic heterocycles. The number of ether oxygens (including phenoxy) is 2. The molecule has 1 aromatic rings. The highest BCUT2D eigenvalue weighted by Crippen LogP contribution is 2.21. The molecule has 10 heteroatoms. The fraction of sp³-hybridized carbons (Fsp3) is 0.632. The number of rotatable bonds is 9. The van der Waals surface area contributed by atoms with E-state index in [0.29, 0.717) is 25.6 Å². The van der Waals surface area contributed by atoms with E-state index in [4.69, 9.17) is 9.47 Å². The molecule has 0 bridgehead atoms. The molecule has 0 aliphatic carbocycles. The fourth-order valence-corrected chi connectivity index (χ4v) is 3.70. The van der Waals surface area contributed by atoms with E-state index in [2.05, 4.69) is 20.9 Å². The zero-order valence-corrected chi connectivity index (χ0v) is 16.5. The van der Waals surface area contributed by atoms with Gasteiger partial charge in [-0.1, -0.05) is 0 Å². The Labute approximate surface area is 170 Å². The fourth-order valence-electron chi connectivity index (χ4n) is 3.70. The topological polar surface area (TPSA) is 118 Å². The lowest BCUT2D eigenvalue weighted by atomic mass is 9.97. The van der Waals surface area contributed by atoms with Gasteiger partial charge in [-0.25, -0.2) is 4.79 Å². The summed E-state index contributed by atoms with van der Waals surface area (Å²) in [5.41, 5.74) is 0.821. The lowest BCUT2D eigenvalue weighted by Gasteiger charge is -2.37. The van der Waals surface area contributed by atoms with E-state index in [0.717, 1.165) is 51.6 Å². The molecule has 3 N–H and O–H groups in total. The summed E-state index contributed by atoms with van der Waals surface area (Å²) in [6.45, 7) is 6.28. The molecule has 2 saturated heterocycles. The van der Waals surface area contributed by atoms with Gasteiger partial charge < -0.3 is 25.4 Å². The SMILES string of the molecule is O=C(NCCNc1ccc([N+](=O)[O-])cc1)NC[C@@H]([C@@H]1CCOC1)N1CCOCC1. The molecular formula is C19H29N5O5. The highest BCUT2D eigenvalue weighted by atomic mass is 16.6. The number of non-ortho nitro benzene ring substituents is 1. The molecule has 0 saturated carbocycles. The van der Waals surface area contributed by atoms with Crippen LogP contribution in [0.5, 0.6) is 0 Å². The van der Waals surface area contributed by atoms with Crippen molar-refractivity contribution in [3.63, 3.8) is 0 Å². The first-order valence-corrected chi connectivity index (χ1v) is 10.0. The van der Waals surface area contributed by atoms with Crippen LogP contribution in [-0.2, 0) is 9.47 Å². The number of urea groups is 1. The number of carbonyl (C=O) groups is 1. The molecule has 2 aliphatic rings. The van der Waals surface area contributed by atoms with Crippen molar-refractivity contribution in [2.24, 2.45) is 5.92 Å². The van der Waals surface area contributed by atoms with Crippen molar-refractivity contribution in [3.05, 3.63) is 34.4 Å². The van der Waals surface area contributed by atoms with E-state index < -0.39 is 4.92 Å². The van der Waals surface area contributed by atoms with Gasteiger partial charge >= 0.3 is 6.03 Å². The van der Waals surface area contributed by atoms with Crippen LogP contribution in [0.4, 0.5) is 16.2 Å². The second kappa shape index (κ2) is 10.9. The number of carbonyl (C=O) groups excluding carboxylic acids is 1. The lowest BCUT2D eigenvalue weighted by Crippen LogP contribution is -2.53. The summed E-state index contributed by atoms with van der Waals surface area (Å²) in [4.78, 5) is 24.8. The number of nitro benzene ring substituents is 1. The maximum atomic E-state index is 12.2. The minimum atomic E-state index is -0.433. The maximum absolute atomic E-state index is 12.2. The largest absolute Gasteiger partial charge is 0.383 e. The number of amides is 2. The molecule has 10 nitrogen and oxygen atoms in total. The van der Waals surface area contributed by atoms with Gasteiger partial charge in [-0.15, -0.1) is 0 Å². The van der Waals surface area contributed by atoms with Gasteiger partial charge in [0, 0.05) is 69.1 Å². The summed E-state index contributed by atoms with van der Waals surface area (Å²) in [6, 6.07) is 6.24. The van der Waals surface area contributed by atoms with Crippen LogP contribution < -0.4 is 16.0 Å². The van der Waals surface area contributed by atoms with E-state index in [1.165, 1.54) is 12.1 Å². The van der Waals surface area contributed by atoms with Gasteiger partial charge in [0.2, 0.25) is 0 Å². The summed E-state index contributed by atoms with van der Waals surface area (Å²) in [7, 11) is 0. The van der Waals surface area contributed by atoms with Gasteiger partial charge in [0.1, 0.15) is 0 Å². The van der Waals surface area contributed by atoms with Gasteiger partial charge in [-0.2, -0.15) is 0 Å². The number of morpholine rings is 1. The van der Waals surface area contributed by atoms with E-state index in [-0.39, 0.29) is 17.8 Å². The first-order valence-electron chi connectivity index (χ1n) is 10.0. The third-order valence-electron chi connectivity index (χ3n) is 5.31. The van der Waals surface area contributed by atoms with E-state index in [9.17, 15) is 14.9 Å². The predicted molar refractivity (Wildman–Crippen MR) is 108 cm³/mol. The summed E-state index contributed by atoms with van der Waals surface area (Å²) in [5, 5.41) is 19.6. The molecular weight excluding hydrogens is 378 g/mol. The van der Waals surface area contributed by atoms with E-state index in [1.807, 2.05) is 0 Å². The van der Waals surface area contributed by atoms with Crippen molar-refractivity contribution in [2.45, 2.75) is 12.5 Å². The van der Waals surface area contributed by atoms with Crippen molar-refractivity contribution in [1.82, 2.24) is 15.5 Å². The number of nitro groups is 1. The van der Waals surface area contributed by atoms with E-state index in [1.54, 1.807) is 12.1 Å². The summed E-state index contributed by atoms with van der Waals surface area (Å²) < 4.78 is 11.0. The third-order valence-corrected chi connectivity index (χ3v) is 5.31. The molecule has 0 unspecified atom stereocenters. The highest BCUT2D eigenvalue weighted by molar-refractivity contribution is 5.73. The monoisotopic (exact) mass is 407 g/mol. The molecule has 160 valence electrons. The van der Waals surface area contributed by atoms with Gasteiger partial charge in [0.05, 0.1) is 24.7 Å². The van der Waals surface area contributed by atoms with Crippen LogP contribution >= 0.6 is 0 Å². The zero-order valence-electron chi connectivity index (χ0n) is 16.5. The molecule has 29 heavy (non-hydrogen) atoms. The predicted octanol–water partition coefficient (Wildman–Crippen LogP) is 1.04. The van der Waals surface area contributed by atoms with Crippen molar-refractivity contribution < 1.29 is 19.2 Å². The molecule has 1 aromatic carbocycles. The van der Waals surface area contributed by atoms with Crippen LogP contribution in [0.15, 0.2) is 24.3 Å². The molecule has 3 rings (SSSR count). The third kappa shape index (κ3) is 6.55.